The molecule has 1 atom stereocenters. The number of halogens is 1. The molecule has 1 aliphatic rings. The van der Waals surface area contributed by atoms with Crippen molar-refractivity contribution in [3.05, 3.63) is 70.3 Å². The Bertz CT molecular complexity index is 875. The molecule has 0 radical (unpaired) electrons. The van der Waals surface area contributed by atoms with Gasteiger partial charge in [-0.1, -0.05) is 48.0 Å². The number of hydrogen-bond donors (Lipinski definition) is 2. The molecule has 3 rings (SSSR count). The van der Waals surface area contributed by atoms with Crippen molar-refractivity contribution in [3.63, 3.8) is 0 Å². The number of carbonyl (C=O) groups excluding carboxylic acids is 1. The first-order valence-electron chi connectivity index (χ1n) is 10.8. The number of aryl methyl sites for hydroxylation is 3. The lowest BCUT2D eigenvalue weighted by Crippen LogP contribution is -2.40. The highest BCUT2D eigenvalue weighted by molar-refractivity contribution is 14.0. The van der Waals surface area contributed by atoms with E-state index in [1.165, 1.54) is 27.8 Å². The van der Waals surface area contributed by atoms with Gasteiger partial charge in [0.05, 0.1) is 0 Å². The van der Waals surface area contributed by atoms with Gasteiger partial charge in [0.2, 0.25) is 5.91 Å². The third kappa shape index (κ3) is 7.23. The predicted octanol–water partition coefficient (Wildman–Crippen LogP) is 3.99. The molecule has 0 bridgehead atoms. The quantitative estimate of drug-likeness (QED) is 0.321. The van der Waals surface area contributed by atoms with E-state index in [0.29, 0.717) is 12.3 Å². The molecule has 1 fully saturated rings. The van der Waals surface area contributed by atoms with E-state index in [0.717, 1.165) is 38.6 Å². The first kappa shape index (κ1) is 25.2. The van der Waals surface area contributed by atoms with Crippen LogP contribution in [0.3, 0.4) is 0 Å². The van der Waals surface area contributed by atoms with Crippen LogP contribution in [0.15, 0.2) is 47.5 Å². The summed E-state index contributed by atoms with van der Waals surface area (Å²) in [6.07, 6.45) is 1.51. The topological polar surface area (TPSA) is 56.7 Å². The molecule has 6 heteroatoms. The maximum absolute atomic E-state index is 12.4. The maximum Gasteiger partial charge on any atom is 0.223 e. The summed E-state index contributed by atoms with van der Waals surface area (Å²) < 4.78 is 0. The smallest absolute Gasteiger partial charge is 0.223 e. The van der Waals surface area contributed by atoms with Gasteiger partial charge < -0.3 is 15.5 Å². The summed E-state index contributed by atoms with van der Waals surface area (Å²) in [6.45, 7) is 9.53. The largest absolute Gasteiger partial charge is 0.356 e. The van der Waals surface area contributed by atoms with Crippen LogP contribution in [-0.2, 0) is 17.8 Å². The fraction of sp³-hybridized carbons (Fsp3) is 0.440. The van der Waals surface area contributed by atoms with E-state index in [4.69, 9.17) is 0 Å². The minimum Gasteiger partial charge on any atom is -0.356 e. The monoisotopic (exact) mass is 534 g/mol. The summed E-state index contributed by atoms with van der Waals surface area (Å²) in [5, 5.41) is 6.83. The normalized spacial score (nSPS) is 16.3. The van der Waals surface area contributed by atoms with Gasteiger partial charge in [0, 0.05) is 45.6 Å². The van der Waals surface area contributed by atoms with Crippen molar-refractivity contribution < 1.29 is 4.79 Å². The fourth-order valence-electron chi connectivity index (χ4n) is 4.24. The fourth-order valence-corrected chi connectivity index (χ4v) is 4.24. The lowest BCUT2D eigenvalue weighted by atomic mass is 10.00. The summed E-state index contributed by atoms with van der Waals surface area (Å²) >= 11 is 0. The number of nitrogens with zero attached hydrogens (tertiary/aromatic N) is 2. The predicted molar refractivity (Wildman–Crippen MR) is 139 cm³/mol. The highest BCUT2D eigenvalue weighted by atomic mass is 127. The summed E-state index contributed by atoms with van der Waals surface area (Å²) in [4.78, 5) is 18.7. The zero-order valence-electron chi connectivity index (χ0n) is 19.1. The highest BCUT2D eigenvalue weighted by Gasteiger charge is 2.29. The van der Waals surface area contributed by atoms with Crippen LogP contribution in [0.1, 0.15) is 34.2 Å². The van der Waals surface area contributed by atoms with E-state index in [2.05, 4.69) is 60.7 Å². The van der Waals surface area contributed by atoms with Crippen molar-refractivity contribution in [3.8, 4) is 0 Å². The summed E-state index contributed by atoms with van der Waals surface area (Å²) in [5.41, 5.74) is 6.47. The Kier molecular flexibility index (Phi) is 9.81. The van der Waals surface area contributed by atoms with Crippen molar-refractivity contribution in [2.75, 3.05) is 26.7 Å². The molecule has 5 nitrogen and oxygen atoms in total. The molecule has 0 spiro atoms. The summed E-state index contributed by atoms with van der Waals surface area (Å²) in [6, 6.07) is 14.8. The minimum atomic E-state index is 0. The summed E-state index contributed by atoms with van der Waals surface area (Å²) in [7, 11) is 1.79. The van der Waals surface area contributed by atoms with Crippen molar-refractivity contribution in [1.82, 2.24) is 15.5 Å². The average molecular weight is 534 g/mol. The van der Waals surface area contributed by atoms with E-state index in [-0.39, 0.29) is 29.9 Å². The van der Waals surface area contributed by atoms with Crippen LogP contribution < -0.4 is 10.6 Å². The maximum atomic E-state index is 12.4. The van der Waals surface area contributed by atoms with Crippen molar-refractivity contribution >= 4 is 35.8 Å². The third-order valence-electron chi connectivity index (χ3n) is 5.86. The van der Waals surface area contributed by atoms with Crippen LogP contribution in [0, 0.1) is 26.7 Å². The van der Waals surface area contributed by atoms with Crippen LogP contribution >= 0.6 is 24.0 Å². The molecule has 1 heterocycles. The number of hydrogen-bond acceptors (Lipinski definition) is 2. The van der Waals surface area contributed by atoms with Gasteiger partial charge in [-0.05, 0) is 49.4 Å². The van der Waals surface area contributed by atoms with E-state index < -0.39 is 0 Å². The van der Waals surface area contributed by atoms with Gasteiger partial charge in [-0.25, -0.2) is 0 Å². The molecule has 31 heavy (non-hydrogen) atoms. The van der Waals surface area contributed by atoms with Crippen LogP contribution in [0.2, 0.25) is 0 Å². The molecule has 0 aromatic heterocycles. The van der Waals surface area contributed by atoms with Gasteiger partial charge in [0.25, 0.3) is 0 Å². The number of carbonyl (C=O) groups is 1. The molecule has 2 aromatic carbocycles. The molecule has 0 saturated carbocycles. The second kappa shape index (κ2) is 12.1. The highest BCUT2D eigenvalue weighted by Crippen LogP contribution is 2.18. The van der Waals surface area contributed by atoms with Crippen LogP contribution in [0.4, 0.5) is 0 Å². The molecule has 1 aliphatic heterocycles. The first-order chi connectivity index (χ1) is 14.5. The summed E-state index contributed by atoms with van der Waals surface area (Å²) in [5.74, 6) is 1.35. The SMILES string of the molecule is CN=C(NCc1c(C)cc(C)cc1C)NCC1CC(=O)N(CCc2ccccc2)C1.I. The van der Waals surface area contributed by atoms with Gasteiger partial charge in [-0.3, -0.25) is 9.79 Å². The van der Waals surface area contributed by atoms with Gasteiger partial charge in [-0.2, -0.15) is 0 Å². The molecular weight excluding hydrogens is 499 g/mol. The van der Waals surface area contributed by atoms with Gasteiger partial charge in [-0.15, -0.1) is 24.0 Å². The number of rotatable bonds is 7. The zero-order chi connectivity index (χ0) is 21.5. The number of likely N-dealkylation sites (tertiary alicyclic amines) is 1. The second-order valence-corrected chi connectivity index (χ2v) is 8.33. The van der Waals surface area contributed by atoms with E-state index in [1.54, 1.807) is 7.05 Å². The van der Waals surface area contributed by atoms with Crippen molar-refractivity contribution in [2.24, 2.45) is 10.9 Å². The molecule has 2 aromatic rings. The standard InChI is InChI=1S/C25H34N4O.HI/c1-18-12-19(2)23(20(3)13-18)16-28-25(26-4)27-15-22-14-24(30)29(17-22)11-10-21-8-6-5-7-9-21;/h5-9,12-13,22H,10-11,14-17H2,1-4H3,(H2,26,27,28);1H. The number of guanidine groups is 1. The Morgan fingerprint density at radius 1 is 1.10 bits per heavy atom. The third-order valence-corrected chi connectivity index (χ3v) is 5.86. The Morgan fingerprint density at radius 3 is 2.42 bits per heavy atom. The average Bonchev–Trinajstić information content (AvgIpc) is 3.08. The Balaban J connectivity index is 0.00000341. The Hall–Kier alpha value is -2.09. The minimum absolute atomic E-state index is 0. The van der Waals surface area contributed by atoms with Crippen molar-refractivity contribution in [2.45, 2.75) is 40.2 Å². The molecule has 1 amide bonds. The molecule has 2 N–H and O–H groups in total. The molecular formula is C25H35IN4O. The zero-order valence-corrected chi connectivity index (χ0v) is 21.4. The molecule has 1 unspecified atom stereocenters. The van der Waals surface area contributed by atoms with Crippen LogP contribution in [0.5, 0.6) is 0 Å². The molecule has 1 saturated heterocycles. The second-order valence-electron chi connectivity index (χ2n) is 8.33. The lowest BCUT2D eigenvalue weighted by Gasteiger charge is -2.18. The van der Waals surface area contributed by atoms with Gasteiger partial charge in [0.15, 0.2) is 5.96 Å². The van der Waals surface area contributed by atoms with E-state index in [1.807, 2.05) is 23.1 Å². The Morgan fingerprint density at radius 2 is 1.77 bits per heavy atom. The van der Waals surface area contributed by atoms with Gasteiger partial charge in [0.1, 0.15) is 0 Å². The number of amides is 1. The number of nitrogens with one attached hydrogen (secondary N) is 2. The van der Waals surface area contributed by atoms with Gasteiger partial charge >= 0.3 is 0 Å². The van der Waals surface area contributed by atoms with Crippen molar-refractivity contribution in [1.29, 1.82) is 0 Å². The first-order valence-corrected chi connectivity index (χ1v) is 10.8. The van der Waals surface area contributed by atoms with E-state index in [9.17, 15) is 4.79 Å². The lowest BCUT2D eigenvalue weighted by molar-refractivity contribution is -0.127. The Labute approximate surface area is 203 Å². The number of aliphatic imine (C=N–C) groups is 1. The number of benzene rings is 2. The van der Waals surface area contributed by atoms with Crippen LogP contribution in [-0.4, -0.2) is 43.4 Å². The molecule has 168 valence electrons. The van der Waals surface area contributed by atoms with Crippen LogP contribution in [0.25, 0.3) is 0 Å². The van der Waals surface area contributed by atoms with E-state index >= 15 is 0 Å². The molecule has 0 aliphatic carbocycles.